The van der Waals surface area contributed by atoms with E-state index in [4.69, 9.17) is 4.74 Å². The Hall–Kier alpha value is -1.92. The van der Waals surface area contributed by atoms with Gasteiger partial charge in [0.2, 0.25) is 5.91 Å². The molecule has 3 N–H and O–H groups in total. The zero-order valence-corrected chi connectivity index (χ0v) is 52.7. The average molecular weight is 1100 g/mol. The molecule has 0 aromatic heterocycles. The van der Waals surface area contributed by atoms with Crippen LogP contribution in [0.3, 0.4) is 0 Å². The zero-order valence-electron chi connectivity index (χ0n) is 52.7. The molecule has 0 aliphatic rings. The minimum Gasteiger partial charge on any atom is -0.466 e. The summed E-state index contributed by atoms with van der Waals surface area (Å²) in [6, 6.07) is -0.634. The molecule has 0 aromatic rings. The van der Waals surface area contributed by atoms with E-state index < -0.39 is 12.1 Å². The van der Waals surface area contributed by atoms with Gasteiger partial charge in [0.05, 0.1) is 25.4 Å². The van der Waals surface area contributed by atoms with Crippen molar-refractivity contribution in [3.8, 4) is 0 Å². The zero-order chi connectivity index (χ0) is 56.4. The van der Waals surface area contributed by atoms with Gasteiger partial charge in [0, 0.05) is 12.8 Å². The molecular formula is C72H137NO5. The van der Waals surface area contributed by atoms with Crippen molar-refractivity contribution in [1.82, 2.24) is 5.32 Å². The number of amides is 1. The van der Waals surface area contributed by atoms with E-state index in [0.717, 1.165) is 44.9 Å². The Morgan fingerprint density at radius 1 is 0.359 bits per heavy atom. The van der Waals surface area contributed by atoms with Crippen LogP contribution in [0.5, 0.6) is 0 Å². The fraction of sp³-hybridized carbons (Fsp3) is 0.889. The van der Waals surface area contributed by atoms with Crippen LogP contribution in [0.1, 0.15) is 386 Å². The number of allylic oxidation sites excluding steroid dienone is 5. The van der Waals surface area contributed by atoms with Crippen LogP contribution in [0.15, 0.2) is 36.5 Å². The molecule has 0 heterocycles. The number of ether oxygens (including phenoxy) is 1. The third kappa shape index (κ3) is 63.3. The highest BCUT2D eigenvalue weighted by atomic mass is 16.5. The van der Waals surface area contributed by atoms with E-state index in [-0.39, 0.29) is 18.5 Å². The van der Waals surface area contributed by atoms with Gasteiger partial charge in [0.15, 0.2) is 0 Å². The van der Waals surface area contributed by atoms with Crippen molar-refractivity contribution in [2.75, 3.05) is 13.2 Å². The van der Waals surface area contributed by atoms with Crippen LogP contribution in [-0.2, 0) is 14.3 Å². The van der Waals surface area contributed by atoms with E-state index in [1.165, 1.54) is 315 Å². The molecule has 6 heteroatoms. The van der Waals surface area contributed by atoms with Crippen LogP contribution in [0.4, 0.5) is 0 Å². The van der Waals surface area contributed by atoms with Crippen molar-refractivity contribution in [3.63, 3.8) is 0 Å². The first kappa shape index (κ1) is 76.1. The number of carbonyl (C=O) groups is 2. The number of nitrogens with one attached hydrogen (secondary N) is 1. The van der Waals surface area contributed by atoms with Crippen LogP contribution in [-0.4, -0.2) is 47.4 Å². The molecule has 2 atom stereocenters. The third-order valence-corrected chi connectivity index (χ3v) is 16.4. The van der Waals surface area contributed by atoms with Gasteiger partial charge in [-0.15, -0.1) is 0 Å². The number of aliphatic hydroxyl groups excluding tert-OH is 2. The largest absolute Gasteiger partial charge is 0.466 e. The predicted molar refractivity (Wildman–Crippen MR) is 343 cm³/mol. The van der Waals surface area contributed by atoms with Crippen molar-refractivity contribution in [3.05, 3.63) is 36.5 Å². The maximum absolute atomic E-state index is 12.5. The van der Waals surface area contributed by atoms with Gasteiger partial charge in [-0.2, -0.15) is 0 Å². The number of hydrogen-bond acceptors (Lipinski definition) is 5. The van der Waals surface area contributed by atoms with E-state index in [9.17, 15) is 19.8 Å². The Bertz CT molecular complexity index is 1260. The lowest BCUT2D eigenvalue weighted by Gasteiger charge is -2.20. The van der Waals surface area contributed by atoms with Gasteiger partial charge in [-0.1, -0.05) is 346 Å². The smallest absolute Gasteiger partial charge is 0.305 e. The van der Waals surface area contributed by atoms with Crippen molar-refractivity contribution >= 4 is 11.9 Å². The fourth-order valence-electron chi connectivity index (χ4n) is 11.0. The van der Waals surface area contributed by atoms with Gasteiger partial charge in [0.25, 0.3) is 0 Å². The average Bonchev–Trinajstić information content (AvgIpc) is 3.44. The molecule has 0 aliphatic carbocycles. The number of aliphatic hydroxyl groups is 2. The Labute approximate surface area is 487 Å². The fourth-order valence-corrected chi connectivity index (χ4v) is 11.0. The molecule has 0 aromatic carbocycles. The number of rotatable bonds is 66. The molecule has 0 fully saturated rings. The van der Waals surface area contributed by atoms with Crippen molar-refractivity contribution < 1.29 is 24.5 Å². The summed E-state index contributed by atoms with van der Waals surface area (Å²) in [7, 11) is 0. The first-order chi connectivity index (χ1) is 38.5. The predicted octanol–water partition coefficient (Wildman–Crippen LogP) is 22.7. The van der Waals surface area contributed by atoms with Gasteiger partial charge in [-0.05, 0) is 64.2 Å². The minimum absolute atomic E-state index is 0.0120. The monoisotopic (exact) mass is 1100 g/mol. The topological polar surface area (TPSA) is 95.9 Å². The third-order valence-electron chi connectivity index (χ3n) is 16.4. The van der Waals surface area contributed by atoms with Crippen LogP contribution >= 0.6 is 0 Å². The summed E-state index contributed by atoms with van der Waals surface area (Å²) < 4.78 is 5.49. The molecular weight excluding hydrogens is 959 g/mol. The molecule has 1 amide bonds. The molecule has 0 saturated heterocycles. The van der Waals surface area contributed by atoms with E-state index in [1.807, 2.05) is 6.08 Å². The highest BCUT2D eigenvalue weighted by Crippen LogP contribution is 2.18. The molecule has 0 saturated carbocycles. The minimum atomic E-state index is -0.850. The molecule has 460 valence electrons. The van der Waals surface area contributed by atoms with Gasteiger partial charge in [-0.25, -0.2) is 0 Å². The van der Waals surface area contributed by atoms with Crippen LogP contribution in [0.2, 0.25) is 0 Å². The standard InChI is InChI=1S/C72H137NO5/c1-3-5-7-9-11-13-15-17-19-20-21-27-30-33-37-40-44-48-52-56-60-64-70(75)69(68-74)73-71(76)65-61-57-53-49-45-41-38-34-31-28-25-23-22-24-26-29-32-35-39-43-47-51-55-59-63-67-78-72(77)66-62-58-54-50-46-42-36-18-16-14-12-10-8-6-4-2/h23-26,60,64,69-70,74-75H,3-22,27-59,61-63,65-68H2,1-2H3,(H,73,76)/b25-23-,26-24-,64-60+. The van der Waals surface area contributed by atoms with Gasteiger partial charge in [-0.3, -0.25) is 9.59 Å². The second-order valence-corrected chi connectivity index (χ2v) is 24.2. The Morgan fingerprint density at radius 2 is 0.641 bits per heavy atom. The molecule has 0 rings (SSSR count). The van der Waals surface area contributed by atoms with Crippen molar-refractivity contribution in [1.29, 1.82) is 0 Å². The Morgan fingerprint density at radius 3 is 0.974 bits per heavy atom. The second kappa shape index (κ2) is 67.6. The number of carbonyl (C=O) groups excluding carboxylic acids is 2. The van der Waals surface area contributed by atoms with Crippen molar-refractivity contribution in [2.24, 2.45) is 0 Å². The summed E-state index contributed by atoms with van der Waals surface area (Å²) >= 11 is 0. The molecule has 78 heavy (non-hydrogen) atoms. The Kier molecular flexibility index (Phi) is 65.9. The molecule has 6 nitrogen and oxygen atoms in total. The summed E-state index contributed by atoms with van der Waals surface area (Å²) in [6.07, 6.45) is 86.4. The lowest BCUT2D eigenvalue weighted by molar-refractivity contribution is -0.143. The van der Waals surface area contributed by atoms with E-state index >= 15 is 0 Å². The molecule has 0 radical (unpaired) electrons. The molecule has 2 unspecified atom stereocenters. The SMILES string of the molecule is CCCCCCCCCCCCCCCCCCCCC/C=C/C(O)C(CO)NC(=O)CCCCCCCCCCC/C=C\C/C=C\CCCCCCCCCCCOC(=O)CCCCCCCCCCCCCCCCC. The number of unbranched alkanes of at least 4 members (excludes halogenated alkanes) is 51. The van der Waals surface area contributed by atoms with E-state index in [0.29, 0.717) is 19.4 Å². The summed E-state index contributed by atoms with van der Waals surface area (Å²) in [5.74, 6) is -0.0587. The molecule has 0 bridgehead atoms. The van der Waals surface area contributed by atoms with E-state index in [2.05, 4.69) is 43.5 Å². The summed E-state index contributed by atoms with van der Waals surface area (Å²) in [6.45, 7) is 4.93. The molecule has 0 spiro atoms. The first-order valence-electron chi connectivity index (χ1n) is 35.3. The maximum atomic E-state index is 12.5. The first-order valence-corrected chi connectivity index (χ1v) is 35.3. The quantitative estimate of drug-likeness (QED) is 0.0320. The number of hydrogen-bond donors (Lipinski definition) is 3. The Balaban J connectivity index is 3.45. The van der Waals surface area contributed by atoms with Gasteiger partial charge < -0.3 is 20.3 Å². The maximum Gasteiger partial charge on any atom is 0.305 e. The molecule has 0 aliphatic heterocycles. The van der Waals surface area contributed by atoms with E-state index in [1.54, 1.807) is 6.08 Å². The van der Waals surface area contributed by atoms with Crippen LogP contribution < -0.4 is 5.32 Å². The van der Waals surface area contributed by atoms with Gasteiger partial charge >= 0.3 is 5.97 Å². The second-order valence-electron chi connectivity index (χ2n) is 24.2. The van der Waals surface area contributed by atoms with Gasteiger partial charge in [0.1, 0.15) is 0 Å². The summed E-state index contributed by atoms with van der Waals surface area (Å²) in [4.78, 5) is 24.6. The lowest BCUT2D eigenvalue weighted by atomic mass is 10.0. The lowest BCUT2D eigenvalue weighted by Crippen LogP contribution is -2.45. The number of esters is 1. The highest BCUT2D eigenvalue weighted by molar-refractivity contribution is 5.76. The van der Waals surface area contributed by atoms with Crippen LogP contribution in [0, 0.1) is 0 Å². The van der Waals surface area contributed by atoms with Crippen molar-refractivity contribution in [2.45, 2.75) is 398 Å². The summed E-state index contributed by atoms with van der Waals surface area (Å²) in [5, 5.41) is 23.2. The highest BCUT2D eigenvalue weighted by Gasteiger charge is 2.18. The van der Waals surface area contributed by atoms with Crippen LogP contribution in [0.25, 0.3) is 0 Å². The summed E-state index contributed by atoms with van der Waals surface area (Å²) in [5.41, 5.74) is 0. The normalized spacial score (nSPS) is 12.7.